The van der Waals surface area contributed by atoms with Crippen LogP contribution in [0.2, 0.25) is 0 Å². The van der Waals surface area contributed by atoms with E-state index in [1.807, 2.05) is 6.92 Å². The molecule has 0 aromatic carbocycles. The number of rotatable bonds is 1. The number of halogens is 1. The molecule has 1 aliphatic rings. The third kappa shape index (κ3) is 1.89. The van der Waals surface area contributed by atoms with Gasteiger partial charge >= 0.3 is 0 Å². The molecule has 0 saturated heterocycles. The summed E-state index contributed by atoms with van der Waals surface area (Å²) < 4.78 is 1.07. The highest BCUT2D eigenvalue weighted by Gasteiger charge is 2.16. The minimum absolute atomic E-state index is 0.311. The van der Waals surface area contributed by atoms with Crippen LogP contribution in [0.3, 0.4) is 0 Å². The van der Waals surface area contributed by atoms with Gasteiger partial charge in [-0.2, -0.15) is 0 Å². The van der Waals surface area contributed by atoms with Crippen LogP contribution in [0.25, 0.3) is 0 Å². The van der Waals surface area contributed by atoms with Crippen LogP contribution < -0.4 is 0 Å². The maximum atomic E-state index is 10.3. The van der Waals surface area contributed by atoms with Crippen molar-refractivity contribution in [1.82, 2.24) is 0 Å². The molecule has 4 heteroatoms. The number of nitro groups is 1. The molecule has 0 aromatic heterocycles. The van der Waals surface area contributed by atoms with Gasteiger partial charge < -0.3 is 0 Å². The molecule has 0 N–H and O–H groups in total. The molecule has 60 valence electrons. The Kier molecular flexibility index (Phi) is 2.44. The summed E-state index contributed by atoms with van der Waals surface area (Å²) in [4.78, 5) is 9.99. The van der Waals surface area contributed by atoms with Crippen LogP contribution in [0, 0.1) is 10.1 Å². The Labute approximate surface area is 73.1 Å². The Morgan fingerprint density at radius 2 is 2.27 bits per heavy atom. The molecule has 0 spiro atoms. The first kappa shape index (κ1) is 8.46. The van der Waals surface area contributed by atoms with Gasteiger partial charge in [0.05, 0.1) is 4.92 Å². The lowest BCUT2D eigenvalue weighted by Gasteiger charge is -2.07. The van der Waals surface area contributed by atoms with E-state index < -0.39 is 0 Å². The summed E-state index contributed by atoms with van der Waals surface area (Å²) in [6.45, 7) is 1.87. The minimum Gasteiger partial charge on any atom is -0.259 e. The maximum absolute atomic E-state index is 10.3. The number of hydrogen-bond donors (Lipinski definition) is 0. The number of allylic oxidation sites excluding steroid dienone is 4. The largest absolute Gasteiger partial charge is 0.259 e. The van der Waals surface area contributed by atoms with Gasteiger partial charge in [0.25, 0.3) is 0 Å². The van der Waals surface area contributed by atoms with Crippen molar-refractivity contribution in [3.8, 4) is 0 Å². The molecule has 0 bridgehead atoms. The third-order valence-corrected chi connectivity index (χ3v) is 2.67. The molecule has 0 heterocycles. The van der Waals surface area contributed by atoms with E-state index in [0.29, 0.717) is 12.1 Å². The van der Waals surface area contributed by atoms with Crippen LogP contribution in [0.15, 0.2) is 21.8 Å². The van der Waals surface area contributed by atoms with Gasteiger partial charge in [0.15, 0.2) is 0 Å². The van der Waals surface area contributed by atoms with E-state index in [0.717, 1.165) is 16.5 Å². The lowest BCUT2D eigenvalue weighted by atomic mass is 10.1. The average Bonchev–Trinajstić information content (AvgIpc) is 1.94. The van der Waals surface area contributed by atoms with E-state index in [4.69, 9.17) is 0 Å². The average molecular weight is 218 g/mol. The lowest BCUT2D eigenvalue weighted by Crippen LogP contribution is -2.02. The molecule has 1 rings (SSSR count). The summed E-state index contributed by atoms with van der Waals surface area (Å²) in [7, 11) is 0. The number of hydrogen-bond acceptors (Lipinski definition) is 2. The second-order valence-electron chi connectivity index (χ2n) is 2.48. The van der Waals surface area contributed by atoms with Crippen LogP contribution in [0.1, 0.15) is 19.8 Å². The summed E-state index contributed by atoms with van der Waals surface area (Å²) in [6.07, 6.45) is 2.90. The zero-order valence-corrected chi connectivity index (χ0v) is 7.72. The van der Waals surface area contributed by atoms with Crippen molar-refractivity contribution in [2.45, 2.75) is 19.8 Å². The fraction of sp³-hybridized carbons (Fsp3) is 0.429. The van der Waals surface area contributed by atoms with Gasteiger partial charge in [-0.15, -0.1) is 0 Å². The Hall–Kier alpha value is -0.640. The van der Waals surface area contributed by atoms with E-state index >= 15 is 0 Å². The van der Waals surface area contributed by atoms with E-state index in [1.165, 1.54) is 0 Å². The second-order valence-corrected chi connectivity index (χ2v) is 3.44. The molecule has 0 aromatic rings. The van der Waals surface area contributed by atoms with Gasteiger partial charge in [0.1, 0.15) is 0 Å². The normalized spacial score (nSPS) is 18.2. The molecule has 0 saturated carbocycles. The van der Waals surface area contributed by atoms with Gasteiger partial charge in [0.2, 0.25) is 5.70 Å². The highest BCUT2D eigenvalue weighted by Crippen LogP contribution is 2.27. The Balaban J connectivity index is 2.89. The van der Waals surface area contributed by atoms with Crippen molar-refractivity contribution in [2.75, 3.05) is 0 Å². The van der Waals surface area contributed by atoms with Gasteiger partial charge in [-0.05, 0) is 23.4 Å². The molecule has 0 radical (unpaired) electrons. The lowest BCUT2D eigenvalue weighted by molar-refractivity contribution is -0.428. The first-order valence-corrected chi connectivity index (χ1v) is 4.11. The van der Waals surface area contributed by atoms with Crippen LogP contribution >= 0.6 is 15.9 Å². The maximum Gasteiger partial charge on any atom is 0.246 e. The van der Waals surface area contributed by atoms with Crippen molar-refractivity contribution < 1.29 is 4.92 Å². The molecular weight excluding hydrogens is 210 g/mol. The standard InChI is InChI=1S/C7H8BrNO2/c1-5-4-6(9(10)11)2-3-7(5)8/h4H,2-3H2,1H3. The summed E-state index contributed by atoms with van der Waals surface area (Å²) in [5.41, 5.74) is 1.27. The molecule has 3 nitrogen and oxygen atoms in total. The summed E-state index contributed by atoms with van der Waals surface area (Å²) in [5.74, 6) is 0. The molecule has 11 heavy (non-hydrogen) atoms. The number of nitrogens with zero attached hydrogens (tertiary/aromatic N) is 1. The minimum atomic E-state index is -0.317. The monoisotopic (exact) mass is 217 g/mol. The molecule has 1 aliphatic carbocycles. The van der Waals surface area contributed by atoms with Crippen LogP contribution in [-0.4, -0.2) is 4.92 Å². The van der Waals surface area contributed by atoms with Crippen molar-refractivity contribution >= 4 is 15.9 Å². The van der Waals surface area contributed by atoms with Crippen molar-refractivity contribution in [3.63, 3.8) is 0 Å². The van der Waals surface area contributed by atoms with Gasteiger partial charge in [0, 0.05) is 12.5 Å². The van der Waals surface area contributed by atoms with Crippen LogP contribution in [0.5, 0.6) is 0 Å². The summed E-state index contributed by atoms with van der Waals surface area (Å²) in [5, 5.41) is 10.3. The first-order chi connectivity index (χ1) is 5.11. The molecule has 0 aliphatic heterocycles. The van der Waals surface area contributed by atoms with Crippen molar-refractivity contribution in [3.05, 3.63) is 31.9 Å². The van der Waals surface area contributed by atoms with Gasteiger partial charge in [-0.25, -0.2) is 0 Å². The predicted molar refractivity (Wildman–Crippen MR) is 45.9 cm³/mol. The van der Waals surface area contributed by atoms with E-state index in [9.17, 15) is 10.1 Å². The highest BCUT2D eigenvalue weighted by atomic mass is 79.9. The zero-order valence-electron chi connectivity index (χ0n) is 6.13. The fourth-order valence-electron chi connectivity index (χ4n) is 0.979. The molecule has 0 fully saturated rings. The molecule has 0 amide bonds. The zero-order chi connectivity index (χ0) is 8.43. The fourth-order valence-corrected chi connectivity index (χ4v) is 1.29. The SMILES string of the molecule is CC1=C(Br)CCC([N+](=O)[O-])=C1. The predicted octanol–water partition coefficient (Wildman–Crippen LogP) is 2.61. The van der Waals surface area contributed by atoms with E-state index in [2.05, 4.69) is 15.9 Å². The Morgan fingerprint density at radius 1 is 1.64 bits per heavy atom. The second kappa shape index (κ2) is 3.17. The summed E-state index contributed by atoms with van der Waals surface area (Å²) in [6, 6.07) is 0. The Morgan fingerprint density at radius 3 is 2.73 bits per heavy atom. The smallest absolute Gasteiger partial charge is 0.246 e. The van der Waals surface area contributed by atoms with E-state index in [-0.39, 0.29) is 4.92 Å². The van der Waals surface area contributed by atoms with Crippen LogP contribution in [0.4, 0.5) is 0 Å². The Bertz CT molecular complexity index is 255. The molecule has 0 atom stereocenters. The van der Waals surface area contributed by atoms with Gasteiger partial charge in [-0.3, -0.25) is 10.1 Å². The first-order valence-electron chi connectivity index (χ1n) is 3.31. The topological polar surface area (TPSA) is 43.1 Å². The molecule has 0 unspecified atom stereocenters. The van der Waals surface area contributed by atoms with Crippen molar-refractivity contribution in [1.29, 1.82) is 0 Å². The summed E-state index contributed by atoms with van der Waals surface area (Å²) >= 11 is 3.34. The quantitative estimate of drug-likeness (QED) is 0.501. The molecular formula is C7H8BrNO2. The van der Waals surface area contributed by atoms with E-state index in [1.54, 1.807) is 6.08 Å². The van der Waals surface area contributed by atoms with Crippen LogP contribution in [-0.2, 0) is 0 Å². The van der Waals surface area contributed by atoms with Crippen molar-refractivity contribution in [2.24, 2.45) is 0 Å². The highest BCUT2D eigenvalue weighted by molar-refractivity contribution is 9.11. The third-order valence-electron chi connectivity index (χ3n) is 1.65. The van der Waals surface area contributed by atoms with Gasteiger partial charge in [-0.1, -0.05) is 15.9 Å².